The van der Waals surface area contributed by atoms with Crippen LogP contribution in [0.15, 0.2) is 59.7 Å². The smallest absolute Gasteiger partial charge is 0.285 e. The minimum Gasteiger partial charge on any atom is -0.374 e. The van der Waals surface area contributed by atoms with Crippen molar-refractivity contribution < 1.29 is 14.7 Å². The van der Waals surface area contributed by atoms with Crippen molar-refractivity contribution in [1.29, 1.82) is 0 Å². The molecule has 0 radical (unpaired) electrons. The van der Waals surface area contributed by atoms with Crippen LogP contribution in [0, 0.1) is 6.92 Å². The molecule has 0 spiro atoms. The Labute approximate surface area is 140 Å². The summed E-state index contributed by atoms with van der Waals surface area (Å²) in [5.74, 6) is -0.901. The summed E-state index contributed by atoms with van der Waals surface area (Å²) in [6.07, 6.45) is -0.326. The van der Waals surface area contributed by atoms with Crippen molar-refractivity contribution in [2.75, 3.05) is 5.01 Å². The Morgan fingerprint density at radius 1 is 1.08 bits per heavy atom. The van der Waals surface area contributed by atoms with Crippen LogP contribution in [0.5, 0.6) is 0 Å². The zero-order valence-corrected chi connectivity index (χ0v) is 13.6. The predicted molar refractivity (Wildman–Crippen MR) is 92.1 cm³/mol. The van der Waals surface area contributed by atoms with E-state index in [-0.39, 0.29) is 17.9 Å². The Balaban J connectivity index is 1.85. The van der Waals surface area contributed by atoms with Crippen LogP contribution >= 0.6 is 0 Å². The van der Waals surface area contributed by atoms with Gasteiger partial charge < -0.3 is 5.11 Å². The molecule has 0 aromatic heterocycles. The van der Waals surface area contributed by atoms with Gasteiger partial charge in [-0.25, -0.2) is 0 Å². The van der Waals surface area contributed by atoms with E-state index in [1.165, 1.54) is 0 Å². The van der Waals surface area contributed by atoms with Crippen molar-refractivity contribution in [3.63, 3.8) is 0 Å². The number of ketones is 1. The molecular weight excluding hydrogens is 304 g/mol. The van der Waals surface area contributed by atoms with Crippen LogP contribution in [0.25, 0.3) is 0 Å². The fraction of sp³-hybridized carbons (Fsp3) is 0.211. The van der Waals surface area contributed by atoms with E-state index >= 15 is 0 Å². The van der Waals surface area contributed by atoms with Gasteiger partial charge in [-0.2, -0.15) is 10.1 Å². The minimum absolute atomic E-state index is 0.219. The Bertz CT molecular complexity index is 812. The number of hydrogen-bond acceptors (Lipinski definition) is 4. The predicted octanol–water partition coefficient (Wildman–Crippen LogP) is 2.72. The summed E-state index contributed by atoms with van der Waals surface area (Å²) in [5, 5.41) is 16.1. The third kappa shape index (κ3) is 2.74. The van der Waals surface area contributed by atoms with Crippen LogP contribution < -0.4 is 5.01 Å². The van der Waals surface area contributed by atoms with Gasteiger partial charge in [-0.3, -0.25) is 9.59 Å². The van der Waals surface area contributed by atoms with Crippen LogP contribution in [0.4, 0.5) is 5.69 Å². The molecule has 122 valence electrons. The summed E-state index contributed by atoms with van der Waals surface area (Å²) in [5.41, 5.74) is 0.373. The van der Waals surface area contributed by atoms with Gasteiger partial charge in [0.15, 0.2) is 11.4 Å². The molecule has 3 rings (SSSR count). The first-order valence-electron chi connectivity index (χ1n) is 7.69. The second kappa shape index (κ2) is 6.02. The van der Waals surface area contributed by atoms with Crippen molar-refractivity contribution >= 4 is 23.1 Å². The van der Waals surface area contributed by atoms with Crippen molar-refractivity contribution in [1.82, 2.24) is 0 Å². The molecule has 2 aromatic carbocycles. The van der Waals surface area contributed by atoms with E-state index in [2.05, 4.69) is 5.10 Å². The molecule has 1 atom stereocenters. The highest BCUT2D eigenvalue weighted by Crippen LogP contribution is 2.29. The number of para-hydroxylation sites is 1. The molecule has 0 saturated carbocycles. The zero-order valence-electron chi connectivity index (χ0n) is 13.6. The highest BCUT2D eigenvalue weighted by Gasteiger charge is 2.49. The van der Waals surface area contributed by atoms with Gasteiger partial charge in [-0.1, -0.05) is 48.0 Å². The molecule has 0 bridgehead atoms. The largest absolute Gasteiger partial charge is 0.374 e. The number of carbonyl (C=O) groups is 2. The molecule has 1 N–H and O–H groups in total. The van der Waals surface area contributed by atoms with Crippen LogP contribution in [0.3, 0.4) is 0 Å². The van der Waals surface area contributed by atoms with Crippen molar-refractivity contribution in [3.05, 3.63) is 65.7 Å². The SMILES string of the molecule is CC1=NN(c2ccccc2)C(=O)C1(O)CC(=O)c1ccc(C)cc1. The van der Waals surface area contributed by atoms with Crippen LogP contribution in [0.2, 0.25) is 0 Å². The van der Waals surface area contributed by atoms with Crippen LogP contribution in [0.1, 0.15) is 29.3 Å². The number of aliphatic hydroxyl groups is 1. The van der Waals surface area contributed by atoms with Crippen molar-refractivity contribution in [2.45, 2.75) is 25.9 Å². The number of anilines is 1. The van der Waals surface area contributed by atoms with E-state index in [0.29, 0.717) is 11.3 Å². The van der Waals surface area contributed by atoms with E-state index < -0.39 is 11.5 Å². The highest BCUT2D eigenvalue weighted by molar-refractivity contribution is 6.23. The number of amides is 1. The highest BCUT2D eigenvalue weighted by atomic mass is 16.3. The number of hydrazone groups is 1. The molecule has 0 aliphatic carbocycles. The van der Waals surface area contributed by atoms with Crippen LogP contribution in [-0.4, -0.2) is 28.1 Å². The molecule has 5 heteroatoms. The zero-order chi connectivity index (χ0) is 17.3. The van der Waals surface area contributed by atoms with E-state index in [1.54, 1.807) is 43.3 Å². The van der Waals surface area contributed by atoms with Crippen LogP contribution in [-0.2, 0) is 4.79 Å². The summed E-state index contributed by atoms with van der Waals surface area (Å²) < 4.78 is 0. The summed E-state index contributed by atoms with van der Waals surface area (Å²) in [4.78, 5) is 25.1. The standard InChI is InChI=1S/C19H18N2O3/c1-13-8-10-15(11-9-13)17(22)12-19(24)14(2)20-21(18(19)23)16-6-4-3-5-7-16/h3-11,24H,12H2,1-2H3. The number of Topliss-reactive ketones (excluding diaryl/α,β-unsaturated/α-hetero) is 1. The van der Waals surface area contributed by atoms with Crippen molar-refractivity contribution in [3.8, 4) is 0 Å². The Morgan fingerprint density at radius 3 is 2.33 bits per heavy atom. The first-order chi connectivity index (χ1) is 11.4. The van der Waals surface area contributed by atoms with E-state index in [0.717, 1.165) is 10.6 Å². The lowest BCUT2D eigenvalue weighted by molar-refractivity contribution is -0.129. The Kier molecular flexibility index (Phi) is 4.03. The first kappa shape index (κ1) is 16.1. The van der Waals surface area contributed by atoms with Gasteiger partial charge in [0.05, 0.1) is 17.8 Å². The summed E-state index contributed by atoms with van der Waals surface area (Å²) in [6, 6.07) is 15.9. The van der Waals surface area contributed by atoms with Crippen molar-refractivity contribution in [2.24, 2.45) is 5.10 Å². The maximum absolute atomic E-state index is 12.7. The van der Waals surface area contributed by atoms with Gasteiger partial charge in [0, 0.05) is 5.56 Å². The molecule has 24 heavy (non-hydrogen) atoms. The molecule has 0 fully saturated rings. The van der Waals surface area contributed by atoms with E-state index in [4.69, 9.17) is 0 Å². The maximum atomic E-state index is 12.7. The number of rotatable bonds is 4. The normalized spacial score (nSPS) is 20.2. The number of aryl methyl sites for hydroxylation is 1. The lowest BCUT2D eigenvalue weighted by Crippen LogP contribution is -2.47. The molecule has 5 nitrogen and oxygen atoms in total. The third-order valence-corrected chi connectivity index (χ3v) is 4.19. The minimum atomic E-state index is -1.90. The van der Waals surface area contributed by atoms with E-state index in [1.807, 2.05) is 25.1 Å². The van der Waals surface area contributed by atoms with Gasteiger partial charge in [-0.15, -0.1) is 0 Å². The number of carbonyl (C=O) groups excluding carboxylic acids is 2. The summed E-state index contributed by atoms with van der Waals surface area (Å²) in [7, 11) is 0. The van der Waals surface area contributed by atoms with Gasteiger partial charge in [0.1, 0.15) is 0 Å². The monoisotopic (exact) mass is 322 g/mol. The summed E-state index contributed by atoms with van der Waals surface area (Å²) >= 11 is 0. The second-order valence-corrected chi connectivity index (χ2v) is 5.96. The molecule has 1 unspecified atom stereocenters. The maximum Gasteiger partial charge on any atom is 0.285 e. The fourth-order valence-corrected chi connectivity index (χ4v) is 2.63. The van der Waals surface area contributed by atoms with Gasteiger partial charge in [0.2, 0.25) is 0 Å². The second-order valence-electron chi connectivity index (χ2n) is 5.96. The molecule has 1 aliphatic heterocycles. The number of benzene rings is 2. The van der Waals surface area contributed by atoms with Gasteiger partial charge in [-0.05, 0) is 26.0 Å². The average Bonchev–Trinajstić information content (AvgIpc) is 2.80. The Morgan fingerprint density at radius 2 is 1.71 bits per heavy atom. The lowest BCUT2D eigenvalue weighted by atomic mass is 9.89. The molecule has 1 aliphatic rings. The molecule has 1 amide bonds. The third-order valence-electron chi connectivity index (χ3n) is 4.19. The van der Waals surface area contributed by atoms with E-state index in [9.17, 15) is 14.7 Å². The molecule has 0 saturated heterocycles. The summed E-state index contributed by atoms with van der Waals surface area (Å²) in [6.45, 7) is 3.49. The molecule has 1 heterocycles. The average molecular weight is 322 g/mol. The quantitative estimate of drug-likeness (QED) is 0.880. The molecule has 2 aromatic rings. The molecular formula is C19H18N2O3. The van der Waals surface area contributed by atoms with Gasteiger partial charge >= 0.3 is 0 Å². The van der Waals surface area contributed by atoms with Gasteiger partial charge in [0.25, 0.3) is 5.91 Å². The topological polar surface area (TPSA) is 70.0 Å². The Hall–Kier alpha value is -2.79. The number of nitrogens with zero attached hydrogens (tertiary/aromatic N) is 2. The lowest BCUT2D eigenvalue weighted by Gasteiger charge is -2.21. The first-order valence-corrected chi connectivity index (χ1v) is 7.69. The number of hydrogen-bond donors (Lipinski definition) is 1. The fourth-order valence-electron chi connectivity index (χ4n) is 2.63.